The Morgan fingerprint density at radius 1 is 1.32 bits per heavy atom. The van der Waals surface area contributed by atoms with E-state index in [0.717, 1.165) is 41.7 Å². The Hall–Kier alpha value is -2.08. The van der Waals surface area contributed by atoms with Crippen molar-refractivity contribution in [3.8, 4) is 11.5 Å². The molecule has 1 N–H and O–H groups in total. The maximum atomic E-state index is 5.40. The Kier molecular flexibility index (Phi) is 4.90. The number of fused-ring (bicyclic) bond motifs is 1. The summed E-state index contributed by atoms with van der Waals surface area (Å²) in [4.78, 5) is 2.25. The number of rotatable bonds is 7. The second-order valence-electron chi connectivity index (χ2n) is 4.89. The van der Waals surface area contributed by atoms with Gasteiger partial charge in [-0.05, 0) is 24.0 Å². The number of benzene rings is 1. The maximum absolute atomic E-state index is 5.40. The zero-order valence-corrected chi connectivity index (χ0v) is 13.3. The quantitative estimate of drug-likeness (QED) is 0.850. The molecule has 6 heteroatoms. The van der Waals surface area contributed by atoms with Crippen LogP contribution in [0.4, 0.5) is 5.82 Å². The van der Waals surface area contributed by atoms with Gasteiger partial charge in [0, 0.05) is 31.1 Å². The Morgan fingerprint density at radius 2 is 2.23 bits per heavy atom. The van der Waals surface area contributed by atoms with Gasteiger partial charge in [0.25, 0.3) is 0 Å². The van der Waals surface area contributed by atoms with Gasteiger partial charge in [-0.1, -0.05) is 18.2 Å². The molecule has 1 aliphatic heterocycles. The summed E-state index contributed by atoms with van der Waals surface area (Å²) in [6.07, 6.45) is 8.21. The van der Waals surface area contributed by atoms with E-state index in [2.05, 4.69) is 33.5 Å². The Balaban J connectivity index is 1.63. The molecule has 22 heavy (non-hydrogen) atoms. The highest BCUT2D eigenvalue weighted by molar-refractivity contribution is 7.98. The van der Waals surface area contributed by atoms with E-state index in [-0.39, 0.29) is 0 Å². The van der Waals surface area contributed by atoms with Gasteiger partial charge in [-0.2, -0.15) is 16.9 Å². The number of aromatic amines is 1. The van der Waals surface area contributed by atoms with Gasteiger partial charge in [0.1, 0.15) is 0 Å². The van der Waals surface area contributed by atoms with Crippen molar-refractivity contribution in [1.29, 1.82) is 0 Å². The van der Waals surface area contributed by atoms with Gasteiger partial charge >= 0.3 is 0 Å². The highest BCUT2D eigenvalue weighted by Gasteiger charge is 2.12. The van der Waals surface area contributed by atoms with Crippen LogP contribution in [-0.2, 0) is 0 Å². The minimum absolute atomic E-state index is 0.310. The van der Waals surface area contributed by atoms with Crippen LogP contribution >= 0.6 is 11.8 Å². The molecule has 3 rings (SSSR count). The van der Waals surface area contributed by atoms with Crippen molar-refractivity contribution in [2.24, 2.45) is 0 Å². The molecule has 0 atom stereocenters. The molecule has 5 nitrogen and oxygen atoms in total. The van der Waals surface area contributed by atoms with Crippen LogP contribution < -0.4 is 14.4 Å². The number of hydrogen-bond acceptors (Lipinski definition) is 5. The first-order chi connectivity index (χ1) is 10.9. The minimum atomic E-state index is 0.310. The number of ether oxygens (including phenoxy) is 2. The first-order valence-electron chi connectivity index (χ1n) is 7.16. The zero-order chi connectivity index (χ0) is 15.2. The van der Waals surface area contributed by atoms with Gasteiger partial charge < -0.3 is 14.4 Å². The molecule has 1 aromatic heterocycles. The van der Waals surface area contributed by atoms with E-state index in [1.54, 1.807) is 0 Å². The molecule has 116 valence electrons. The molecule has 1 aromatic carbocycles. The van der Waals surface area contributed by atoms with Crippen LogP contribution in [0.1, 0.15) is 5.56 Å². The van der Waals surface area contributed by atoms with E-state index < -0.39 is 0 Å². The molecule has 0 saturated heterocycles. The average molecular weight is 317 g/mol. The van der Waals surface area contributed by atoms with Crippen LogP contribution in [0.2, 0.25) is 0 Å². The summed E-state index contributed by atoms with van der Waals surface area (Å²) < 4.78 is 10.7. The average Bonchev–Trinajstić information content (AvgIpc) is 3.21. The third-order valence-electron chi connectivity index (χ3n) is 3.41. The number of hydrogen-bond donors (Lipinski definition) is 1. The predicted octanol–water partition coefficient (Wildman–Crippen LogP) is 3.02. The van der Waals surface area contributed by atoms with Gasteiger partial charge in [0.15, 0.2) is 17.3 Å². The molecule has 0 amide bonds. The first kappa shape index (κ1) is 14.8. The van der Waals surface area contributed by atoms with Crippen LogP contribution in [0.3, 0.4) is 0 Å². The molecule has 0 saturated carbocycles. The number of nitrogens with one attached hydrogen (secondary N) is 1. The molecule has 0 aliphatic carbocycles. The second kappa shape index (κ2) is 7.26. The van der Waals surface area contributed by atoms with E-state index in [1.807, 2.05) is 42.2 Å². The third-order valence-corrected chi connectivity index (χ3v) is 4.00. The van der Waals surface area contributed by atoms with Crippen molar-refractivity contribution in [2.45, 2.75) is 0 Å². The maximum Gasteiger partial charge on any atom is 0.231 e. The SMILES string of the molecule is CSCCN(C/C=C/c1ccc2c(c1)OCO2)c1cc[nH]n1. The van der Waals surface area contributed by atoms with Crippen molar-refractivity contribution < 1.29 is 9.47 Å². The van der Waals surface area contributed by atoms with Gasteiger partial charge in [-0.3, -0.25) is 5.10 Å². The molecular weight excluding hydrogens is 298 g/mol. The largest absolute Gasteiger partial charge is 0.454 e. The molecule has 0 spiro atoms. The number of aromatic nitrogens is 2. The smallest absolute Gasteiger partial charge is 0.231 e. The van der Waals surface area contributed by atoms with Crippen LogP contribution in [0.15, 0.2) is 36.5 Å². The second-order valence-corrected chi connectivity index (χ2v) is 5.87. The van der Waals surface area contributed by atoms with E-state index in [0.29, 0.717) is 6.79 Å². The normalized spacial score (nSPS) is 13.0. The summed E-state index contributed by atoms with van der Waals surface area (Å²) in [5.74, 6) is 3.68. The third kappa shape index (κ3) is 3.57. The summed E-state index contributed by atoms with van der Waals surface area (Å²) in [6, 6.07) is 7.97. The molecule has 0 bridgehead atoms. The minimum Gasteiger partial charge on any atom is -0.454 e. The molecule has 1 aliphatic rings. The van der Waals surface area contributed by atoms with Crippen molar-refractivity contribution in [3.05, 3.63) is 42.1 Å². The lowest BCUT2D eigenvalue weighted by atomic mass is 10.2. The number of anilines is 1. The summed E-state index contributed by atoms with van der Waals surface area (Å²) in [5.41, 5.74) is 1.11. The summed E-state index contributed by atoms with van der Waals surface area (Å²) in [7, 11) is 0. The van der Waals surface area contributed by atoms with Crippen molar-refractivity contribution in [1.82, 2.24) is 10.2 Å². The fourth-order valence-corrected chi connectivity index (χ4v) is 2.67. The lowest BCUT2D eigenvalue weighted by molar-refractivity contribution is 0.174. The van der Waals surface area contributed by atoms with E-state index >= 15 is 0 Å². The van der Waals surface area contributed by atoms with Gasteiger partial charge in [-0.25, -0.2) is 0 Å². The molecular formula is C16H19N3O2S. The van der Waals surface area contributed by atoms with Crippen LogP contribution in [0.25, 0.3) is 6.08 Å². The molecule has 2 heterocycles. The van der Waals surface area contributed by atoms with E-state index in [4.69, 9.17) is 9.47 Å². The fourth-order valence-electron chi connectivity index (χ4n) is 2.26. The van der Waals surface area contributed by atoms with Crippen molar-refractivity contribution in [2.75, 3.05) is 36.8 Å². The van der Waals surface area contributed by atoms with Crippen molar-refractivity contribution in [3.63, 3.8) is 0 Å². The molecule has 2 aromatic rings. The first-order valence-corrected chi connectivity index (χ1v) is 8.56. The Labute approximate surface area is 134 Å². The molecule has 0 fully saturated rings. The van der Waals surface area contributed by atoms with E-state index in [9.17, 15) is 0 Å². The number of thioether (sulfide) groups is 1. The summed E-state index contributed by atoms with van der Waals surface area (Å²) in [6.45, 7) is 2.10. The van der Waals surface area contributed by atoms with Crippen LogP contribution in [-0.4, -0.2) is 42.1 Å². The molecule has 0 radical (unpaired) electrons. The number of nitrogens with zero attached hydrogens (tertiary/aromatic N) is 2. The Morgan fingerprint density at radius 3 is 3.05 bits per heavy atom. The van der Waals surface area contributed by atoms with Gasteiger partial charge in [0.05, 0.1) is 0 Å². The predicted molar refractivity (Wildman–Crippen MR) is 90.8 cm³/mol. The fraction of sp³-hybridized carbons (Fsp3) is 0.312. The lowest BCUT2D eigenvalue weighted by Gasteiger charge is -2.19. The van der Waals surface area contributed by atoms with E-state index in [1.165, 1.54) is 0 Å². The Bertz CT molecular complexity index is 628. The molecule has 0 unspecified atom stereocenters. The monoisotopic (exact) mass is 317 g/mol. The lowest BCUT2D eigenvalue weighted by Crippen LogP contribution is -2.26. The highest BCUT2D eigenvalue weighted by atomic mass is 32.2. The highest BCUT2D eigenvalue weighted by Crippen LogP contribution is 2.32. The zero-order valence-electron chi connectivity index (χ0n) is 12.5. The van der Waals surface area contributed by atoms with Crippen LogP contribution in [0, 0.1) is 0 Å². The summed E-state index contributed by atoms with van der Waals surface area (Å²) >= 11 is 1.84. The number of H-pyrrole nitrogens is 1. The van der Waals surface area contributed by atoms with Crippen molar-refractivity contribution >= 4 is 23.7 Å². The van der Waals surface area contributed by atoms with Crippen LogP contribution in [0.5, 0.6) is 11.5 Å². The topological polar surface area (TPSA) is 50.4 Å². The standard InChI is InChI=1S/C16H19N3O2S/c1-22-10-9-19(16-6-7-17-18-16)8-2-3-13-4-5-14-15(11-13)21-12-20-14/h2-7,11H,8-10,12H2,1H3,(H,17,18)/b3-2+. The van der Waals surface area contributed by atoms with Gasteiger partial charge in [-0.15, -0.1) is 0 Å². The van der Waals surface area contributed by atoms with Gasteiger partial charge in [0.2, 0.25) is 6.79 Å². The summed E-state index contributed by atoms with van der Waals surface area (Å²) in [5, 5.41) is 7.13.